The first-order chi connectivity index (χ1) is 15.4. The van der Waals surface area contributed by atoms with E-state index in [1.165, 1.54) is 0 Å². The zero-order valence-corrected chi connectivity index (χ0v) is 17.2. The highest BCUT2D eigenvalue weighted by Gasteiger charge is 2.37. The SMILES string of the molecule is Cc1nc(-c2ccc3c(n2)CC=C3c2nc(N[C@H]3CCCNC3)ncc2C(F)(F)F)no1. The fourth-order valence-electron chi connectivity index (χ4n) is 3.98. The lowest BCUT2D eigenvalue weighted by Crippen LogP contribution is -2.38. The summed E-state index contributed by atoms with van der Waals surface area (Å²) >= 11 is 0. The molecule has 32 heavy (non-hydrogen) atoms. The molecule has 0 amide bonds. The monoisotopic (exact) mass is 443 g/mol. The molecule has 3 aromatic rings. The summed E-state index contributed by atoms with van der Waals surface area (Å²) in [5, 5.41) is 10.3. The van der Waals surface area contributed by atoms with Crippen LogP contribution in [0.25, 0.3) is 17.1 Å². The number of fused-ring (bicyclic) bond motifs is 1. The summed E-state index contributed by atoms with van der Waals surface area (Å²) in [6, 6.07) is 3.47. The van der Waals surface area contributed by atoms with E-state index in [-0.39, 0.29) is 17.7 Å². The third kappa shape index (κ3) is 3.95. The minimum Gasteiger partial charge on any atom is -0.350 e. The summed E-state index contributed by atoms with van der Waals surface area (Å²) in [4.78, 5) is 16.9. The third-order valence-electron chi connectivity index (χ3n) is 5.50. The Labute approximate surface area is 181 Å². The predicted octanol–water partition coefficient (Wildman–Crippen LogP) is 3.40. The van der Waals surface area contributed by atoms with Crippen LogP contribution in [0.4, 0.5) is 19.1 Å². The quantitative estimate of drug-likeness (QED) is 0.633. The number of nitrogens with zero attached hydrogens (tertiary/aromatic N) is 5. The molecule has 0 bridgehead atoms. The molecule has 0 radical (unpaired) electrons. The van der Waals surface area contributed by atoms with Gasteiger partial charge in [-0.3, -0.25) is 0 Å². The summed E-state index contributed by atoms with van der Waals surface area (Å²) in [5.74, 6) is 0.928. The van der Waals surface area contributed by atoms with Crippen molar-refractivity contribution in [3.63, 3.8) is 0 Å². The van der Waals surface area contributed by atoms with E-state index in [0.717, 1.165) is 25.6 Å². The molecule has 0 saturated carbocycles. The van der Waals surface area contributed by atoms with Crippen LogP contribution in [0.5, 0.6) is 0 Å². The van der Waals surface area contributed by atoms with E-state index in [1.54, 1.807) is 25.1 Å². The number of hydrogen-bond acceptors (Lipinski definition) is 8. The fourth-order valence-corrected chi connectivity index (χ4v) is 3.98. The van der Waals surface area contributed by atoms with Gasteiger partial charge in [-0.05, 0) is 25.5 Å². The number of allylic oxidation sites excluding steroid dienone is 1. The molecule has 8 nitrogen and oxygen atoms in total. The molecule has 2 N–H and O–H groups in total. The van der Waals surface area contributed by atoms with Gasteiger partial charge in [0.25, 0.3) is 0 Å². The van der Waals surface area contributed by atoms with Crippen LogP contribution < -0.4 is 10.6 Å². The zero-order valence-electron chi connectivity index (χ0n) is 17.2. The van der Waals surface area contributed by atoms with Crippen molar-refractivity contribution in [2.24, 2.45) is 0 Å². The second-order valence-electron chi connectivity index (χ2n) is 7.79. The molecule has 1 aliphatic carbocycles. The van der Waals surface area contributed by atoms with Crippen LogP contribution in [0.1, 0.15) is 41.2 Å². The van der Waals surface area contributed by atoms with E-state index in [4.69, 9.17) is 4.52 Å². The van der Waals surface area contributed by atoms with Gasteiger partial charge in [0.2, 0.25) is 17.7 Å². The lowest BCUT2D eigenvalue weighted by Gasteiger charge is -2.24. The highest BCUT2D eigenvalue weighted by atomic mass is 19.4. The molecule has 0 spiro atoms. The van der Waals surface area contributed by atoms with Crippen LogP contribution in [0.2, 0.25) is 0 Å². The Kier molecular flexibility index (Phi) is 5.12. The molecule has 11 heteroatoms. The normalized spacial score (nSPS) is 18.4. The molecule has 0 aromatic carbocycles. The van der Waals surface area contributed by atoms with Crippen LogP contribution in [0.15, 0.2) is 28.9 Å². The van der Waals surface area contributed by atoms with Crippen molar-refractivity contribution in [3.05, 3.63) is 52.8 Å². The first-order valence-electron chi connectivity index (χ1n) is 10.3. The molecule has 2 aliphatic rings. The number of hydrogen-bond donors (Lipinski definition) is 2. The van der Waals surface area contributed by atoms with Crippen molar-refractivity contribution < 1.29 is 17.7 Å². The van der Waals surface area contributed by atoms with Crippen LogP contribution in [-0.2, 0) is 12.6 Å². The molecule has 1 fully saturated rings. The minimum atomic E-state index is -4.58. The Morgan fingerprint density at radius 3 is 2.78 bits per heavy atom. The molecule has 1 aliphatic heterocycles. The Balaban J connectivity index is 1.50. The fraction of sp³-hybridized carbons (Fsp3) is 0.381. The number of piperidine rings is 1. The van der Waals surface area contributed by atoms with Crippen LogP contribution in [0.3, 0.4) is 0 Å². The van der Waals surface area contributed by atoms with Gasteiger partial charge in [-0.25, -0.2) is 15.0 Å². The van der Waals surface area contributed by atoms with Gasteiger partial charge in [0.1, 0.15) is 11.3 Å². The first kappa shape index (κ1) is 20.6. The van der Waals surface area contributed by atoms with Gasteiger partial charge in [-0.15, -0.1) is 0 Å². The summed E-state index contributed by atoms with van der Waals surface area (Å²) in [5.41, 5.74) is 1.11. The lowest BCUT2D eigenvalue weighted by atomic mass is 10.0. The van der Waals surface area contributed by atoms with Gasteiger partial charge in [0, 0.05) is 43.3 Å². The van der Waals surface area contributed by atoms with Crippen LogP contribution >= 0.6 is 0 Å². The predicted molar refractivity (Wildman–Crippen MR) is 110 cm³/mol. The maximum Gasteiger partial charge on any atom is 0.419 e. The summed E-state index contributed by atoms with van der Waals surface area (Å²) in [7, 11) is 0. The van der Waals surface area contributed by atoms with Crippen molar-refractivity contribution in [2.75, 3.05) is 18.4 Å². The Bertz CT molecular complexity index is 1180. The highest BCUT2D eigenvalue weighted by molar-refractivity contribution is 5.84. The second-order valence-corrected chi connectivity index (χ2v) is 7.79. The maximum atomic E-state index is 13.8. The zero-order chi connectivity index (χ0) is 22.3. The molecule has 5 rings (SSSR count). The highest BCUT2D eigenvalue weighted by Crippen LogP contribution is 2.39. The van der Waals surface area contributed by atoms with Crippen molar-refractivity contribution >= 4 is 11.5 Å². The molecule has 0 unspecified atom stereocenters. The third-order valence-corrected chi connectivity index (χ3v) is 5.50. The van der Waals surface area contributed by atoms with Gasteiger partial charge in [-0.1, -0.05) is 17.3 Å². The molecule has 4 heterocycles. The summed E-state index contributed by atoms with van der Waals surface area (Å²) in [6.07, 6.45) is 0.250. The van der Waals surface area contributed by atoms with E-state index in [2.05, 4.69) is 35.7 Å². The second kappa shape index (κ2) is 7.97. The molecular weight excluding hydrogens is 423 g/mol. The van der Waals surface area contributed by atoms with E-state index in [1.807, 2.05) is 0 Å². The standard InChI is InChI=1S/C21H20F3N7O/c1-11-27-19(31-32-11)17-7-4-13-14(5-6-16(13)29-17)18-15(21(22,23)24)10-26-20(30-18)28-12-3-2-8-25-9-12/h4-5,7,10,12,25H,2-3,6,8-9H2,1H3,(H,26,28,30)/t12-/m0/s1. The number of aromatic nitrogens is 5. The van der Waals surface area contributed by atoms with Gasteiger partial charge in [0.15, 0.2) is 0 Å². The van der Waals surface area contributed by atoms with Crippen molar-refractivity contribution in [1.29, 1.82) is 0 Å². The topological polar surface area (TPSA) is 102 Å². The van der Waals surface area contributed by atoms with E-state index in [9.17, 15) is 13.2 Å². The molecule has 3 aromatic heterocycles. The maximum absolute atomic E-state index is 13.8. The van der Waals surface area contributed by atoms with Crippen molar-refractivity contribution in [3.8, 4) is 11.5 Å². The van der Waals surface area contributed by atoms with Gasteiger partial charge in [-0.2, -0.15) is 18.2 Å². The lowest BCUT2D eigenvalue weighted by molar-refractivity contribution is -0.138. The van der Waals surface area contributed by atoms with Crippen LogP contribution in [0, 0.1) is 6.92 Å². The number of alkyl halides is 3. The van der Waals surface area contributed by atoms with Gasteiger partial charge in [0.05, 0.1) is 11.4 Å². The summed E-state index contributed by atoms with van der Waals surface area (Å²) < 4.78 is 46.3. The number of nitrogens with one attached hydrogen (secondary N) is 2. The molecule has 1 saturated heterocycles. The van der Waals surface area contributed by atoms with E-state index >= 15 is 0 Å². The number of rotatable bonds is 4. The average Bonchev–Trinajstić information content (AvgIpc) is 3.39. The van der Waals surface area contributed by atoms with Crippen molar-refractivity contribution in [1.82, 2.24) is 30.4 Å². The molecule has 1 atom stereocenters. The van der Waals surface area contributed by atoms with Gasteiger partial charge >= 0.3 is 6.18 Å². The molecule has 166 valence electrons. The Morgan fingerprint density at radius 1 is 1.19 bits per heavy atom. The average molecular weight is 443 g/mol. The van der Waals surface area contributed by atoms with Crippen molar-refractivity contribution in [2.45, 2.75) is 38.4 Å². The van der Waals surface area contributed by atoms with E-state index < -0.39 is 11.7 Å². The number of halogens is 3. The number of anilines is 1. The van der Waals surface area contributed by atoms with Gasteiger partial charge < -0.3 is 15.2 Å². The largest absolute Gasteiger partial charge is 0.419 e. The Morgan fingerprint density at radius 2 is 2.06 bits per heavy atom. The number of pyridine rings is 1. The van der Waals surface area contributed by atoms with E-state index in [0.29, 0.717) is 47.2 Å². The minimum absolute atomic E-state index is 0.0702. The summed E-state index contributed by atoms with van der Waals surface area (Å²) in [6.45, 7) is 3.32. The first-order valence-corrected chi connectivity index (χ1v) is 10.3. The van der Waals surface area contributed by atoms with Crippen LogP contribution in [-0.4, -0.2) is 44.2 Å². The Hall–Kier alpha value is -3.34. The number of aryl methyl sites for hydroxylation is 1. The smallest absolute Gasteiger partial charge is 0.350 e. The molecular formula is C21H20F3N7O.